The van der Waals surface area contributed by atoms with Gasteiger partial charge in [0.15, 0.2) is 0 Å². The molecule has 0 heterocycles. The van der Waals surface area contributed by atoms with Crippen LogP contribution in [-0.4, -0.2) is 38.0 Å². The van der Waals surface area contributed by atoms with Gasteiger partial charge in [0.05, 0.1) is 12.8 Å². The highest BCUT2D eigenvalue weighted by molar-refractivity contribution is 7.88. The lowest BCUT2D eigenvalue weighted by atomic mass is 10.1. The van der Waals surface area contributed by atoms with Crippen LogP contribution in [0.15, 0.2) is 54.6 Å². The summed E-state index contributed by atoms with van der Waals surface area (Å²) in [5.74, 6) is -0.324. The molecule has 2 rings (SSSR count). The summed E-state index contributed by atoms with van der Waals surface area (Å²) in [5, 5.41) is 3.42. The number of carbonyl (C=O) groups excluding carboxylic acids is 1. The van der Waals surface area contributed by atoms with E-state index in [1.165, 1.54) is 4.31 Å². The van der Waals surface area contributed by atoms with Crippen LogP contribution < -0.4 is 5.32 Å². The molecule has 5 nitrogen and oxygen atoms in total. The normalized spacial score (nSPS) is 11.5. The maximum Gasteiger partial charge on any atom is 0.235 e. The van der Waals surface area contributed by atoms with Crippen molar-refractivity contribution in [1.29, 1.82) is 0 Å². The highest BCUT2D eigenvalue weighted by atomic mass is 35.5. The largest absolute Gasteiger partial charge is 0.355 e. The van der Waals surface area contributed by atoms with E-state index in [0.29, 0.717) is 18.0 Å². The molecule has 2 aromatic rings. The van der Waals surface area contributed by atoms with Gasteiger partial charge in [-0.1, -0.05) is 54.1 Å². The fourth-order valence-electron chi connectivity index (χ4n) is 2.29. The molecule has 0 spiro atoms. The van der Waals surface area contributed by atoms with Crippen LogP contribution in [0.2, 0.25) is 5.02 Å². The van der Waals surface area contributed by atoms with Crippen LogP contribution >= 0.6 is 11.6 Å². The second kappa shape index (κ2) is 8.99. The Morgan fingerprint density at radius 2 is 1.68 bits per heavy atom. The van der Waals surface area contributed by atoms with Gasteiger partial charge in [-0.25, -0.2) is 8.42 Å². The van der Waals surface area contributed by atoms with E-state index in [9.17, 15) is 13.2 Å². The van der Waals surface area contributed by atoms with Crippen molar-refractivity contribution in [3.63, 3.8) is 0 Å². The second-order valence-corrected chi connectivity index (χ2v) is 8.16. The summed E-state index contributed by atoms with van der Waals surface area (Å²) in [5.41, 5.74) is 1.89. The molecular formula is C18H21ClN2O3S. The average Bonchev–Trinajstić information content (AvgIpc) is 2.56. The van der Waals surface area contributed by atoms with E-state index < -0.39 is 10.0 Å². The first kappa shape index (κ1) is 19.4. The molecule has 0 aliphatic heterocycles. The Balaban J connectivity index is 1.87. The lowest BCUT2D eigenvalue weighted by Gasteiger charge is -2.19. The molecule has 7 heteroatoms. The predicted molar refractivity (Wildman–Crippen MR) is 99.9 cm³/mol. The average molecular weight is 381 g/mol. The van der Waals surface area contributed by atoms with Gasteiger partial charge in [-0.15, -0.1) is 0 Å². The molecular weight excluding hydrogens is 360 g/mol. The molecule has 1 N–H and O–H groups in total. The molecule has 0 aromatic heterocycles. The van der Waals surface area contributed by atoms with Crippen molar-refractivity contribution >= 4 is 27.5 Å². The zero-order chi connectivity index (χ0) is 18.3. The monoisotopic (exact) mass is 380 g/mol. The maximum atomic E-state index is 12.1. The third-order valence-electron chi connectivity index (χ3n) is 3.64. The van der Waals surface area contributed by atoms with Gasteiger partial charge in [0, 0.05) is 18.1 Å². The molecule has 1 amide bonds. The number of hydrogen-bond donors (Lipinski definition) is 1. The molecule has 0 radical (unpaired) electrons. The number of carbonyl (C=O) groups is 1. The molecule has 134 valence electrons. The van der Waals surface area contributed by atoms with E-state index in [1.54, 1.807) is 12.1 Å². The van der Waals surface area contributed by atoms with E-state index in [2.05, 4.69) is 5.32 Å². The van der Waals surface area contributed by atoms with Crippen LogP contribution in [0.4, 0.5) is 0 Å². The minimum atomic E-state index is -3.48. The van der Waals surface area contributed by atoms with Crippen LogP contribution in [0.1, 0.15) is 11.1 Å². The van der Waals surface area contributed by atoms with E-state index in [4.69, 9.17) is 11.6 Å². The third kappa shape index (κ3) is 6.86. The maximum absolute atomic E-state index is 12.1. The summed E-state index contributed by atoms with van der Waals surface area (Å²) in [6.45, 7) is 0.405. The third-order valence-corrected chi connectivity index (χ3v) is 5.09. The van der Waals surface area contributed by atoms with Crippen LogP contribution in [0, 0.1) is 0 Å². The summed E-state index contributed by atoms with van der Waals surface area (Å²) in [7, 11) is -3.48. The molecule has 25 heavy (non-hydrogen) atoms. The lowest BCUT2D eigenvalue weighted by Crippen LogP contribution is -2.40. The molecule has 0 saturated carbocycles. The minimum Gasteiger partial charge on any atom is -0.355 e. The smallest absolute Gasteiger partial charge is 0.235 e. The van der Waals surface area contributed by atoms with Crippen LogP contribution in [-0.2, 0) is 27.8 Å². The Morgan fingerprint density at radius 1 is 1.04 bits per heavy atom. The molecule has 0 fully saturated rings. The van der Waals surface area contributed by atoms with Gasteiger partial charge in [0.25, 0.3) is 0 Å². The fraction of sp³-hybridized carbons (Fsp3) is 0.278. The number of amides is 1. The molecule has 0 atom stereocenters. The number of nitrogens with zero attached hydrogens (tertiary/aromatic N) is 1. The van der Waals surface area contributed by atoms with E-state index in [1.807, 2.05) is 42.5 Å². The van der Waals surface area contributed by atoms with Crippen molar-refractivity contribution in [2.75, 3.05) is 19.3 Å². The molecule has 0 unspecified atom stereocenters. The van der Waals surface area contributed by atoms with Crippen LogP contribution in [0.5, 0.6) is 0 Å². The van der Waals surface area contributed by atoms with Crippen LogP contribution in [0.3, 0.4) is 0 Å². The summed E-state index contributed by atoms with van der Waals surface area (Å²) < 4.78 is 25.0. The molecule has 0 aliphatic carbocycles. The Bertz CT molecular complexity index is 793. The molecule has 0 bridgehead atoms. The Kier molecular flexibility index (Phi) is 6.99. The van der Waals surface area contributed by atoms with Crippen molar-refractivity contribution in [2.45, 2.75) is 13.0 Å². The number of sulfonamides is 1. The highest BCUT2D eigenvalue weighted by Crippen LogP contribution is 2.10. The van der Waals surface area contributed by atoms with Gasteiger partial charge in [-0.05, 0) is 29.7 Å². The standard InChI is InChI=1S/C18H21ClN2O3S/c1-25(23,24)21(13-16-5-3-2-4-6-16)14-18(22)20-12-11-15-7-9-17(19)10-8-15/h2-10H,11-14H2,1H3,(H,20,22). The van der Waals surface area contributed by atoms with Crippen molar-refractivity contribution in [3.05, 3.63) is 70.7 Å². The topological polar surface area (TPSA) is 66.5 Å². The number of hydrogen-bond acceptors (Lipinski definition) is 3. The predicted octanol–water partition coefficient (Wildman–Crippen LogP) is 2.46. The Morgan fingerprint density at radius 3 is 2.28 bits per heavy atom. The number of rotatable bonds is 8. The lowest BCUT2D eigenvalue weighted by molar-refractivity contribution is -0.121. The van der Waals surface area contributed by atoms with Crippen molar-refractivity contribution < 1.29 is 13.2 Å². The summed E-state index contributed by atoms with van der Waals surface area (Å²) >= 11 is 5.83. The number of nitrogens with one attached hydrogen (secondary N) is 1. The van der Waals surface area contributed by atoms with Gasteiger partial charge < -0.3 is 5.32 Å². The quantitative estimate of drug-likeness (QED) is 0.765. The zero-order valence-electron chi connectivity index (χ0n) is 14.0. The van der Waals surface area contributed by atoms with Crippen molar-refractivity contribution in [2.24, 2.45) is 0 Å². The first-order valence-corrected chi connectivity index (χ1v) is 10.1. The molecule has 2 aromatic carbocycles. The van der Waals surface area contributed by atoms with Gasteiger partial charge in [0.2, 0.25) is 15.9 Å². The minimum absolute atomic E-state index is 0.171. The molecule has 0 saturated heterocycles. The summed E-state index contributed by atoms with van der Waals surface area (Å²) in [6, 6.07) is 16.6. The highest BCUT2D eigenvalue weighted by Gasteiger charge is 2.20. The zero-order valence-corrected chi connectivity index (χ0v) is 15.6. The first-order valence-electron chi connectivity index (χ1n) is 7.85. The second-order valence-electron chi connectivity index (χ2n) is 5.74. The number of halogens is 1. The molecule has 0 aliphatic rings. The van der Waals surface area contributed by atoms with Crippen molar-refractivity contribution in [3.8, 4) is 0 Å². The van der Waals surface area contributed by atoms with E-state index >= 15 is 0 Å². The van der Waals surface area contributed by atoms with E-state index in [-0.39, 0.29) is 19.0 Å². The van der Waals surface area contributed by atoms with Gasteiger partial charge in [-0.2, -0.15) is 4.31 Å². The summed E-state index contributed by atoms with van der Waals surface area (Å²) in [4.78, 5) is 12.1. The van der Waals surface area contributed by atoms with Gasteiger partial charge in [0.1, 0.15) is 0 Å². The Hall–Kier alpha value is -1.89. The van der Waals surface area contributed by atoms with E-state index in [0.717, 1.165) is 17.4 Å². The van der Waals surface area contributed by atoms with Gasteiger partial charge in [-0.3, -0.25) is 4.79 Å². The fourth-order valence-corrected chi connectivity index (χ4v) is 3.15. The first-order chi connectivity index (χ1) is 11.8. The summed E-state index contributed by atoms with van der Waals surface area (Å²) in [6.07, 6.45) is 1.76. The Labute approximate surface area is 153 Å². The van der Waals surface area contributed by atoms with Crippen molar-refractivity contribution in [1.82, 2.24) is 9.62 Å². The number of benzene rings is 2. The van der Waals surface area contributed by atoms with Gasteiger partial charge >= 0.3 is 0 Å². The SMILES string of the molecule is CS(=O)(=O)N(CC(=O)NCCc1ccc(Cl)cc1)Cc1ccccc1. The van der Waals surface area contributed by atoms with Crippen LogP contribution in [0.25, 0.3) is 0 Å².